The molecule has 4 nitrogen and oxygen atoms in total. The molecule has 4 rings (SSSR count). The van der Waals surface area contributed by atoms with E-state index in [0.29, 0.717) is 5.39 Å². The summed E-state index contributed by atoms with van der Waals surface area (Å²) in [6.07, 6.45) is -4.78. The first-order chi connectivity index (χ1) is 15.2. The van der Waals surface area contributed by atoms with Gasteiger partial charge in [0.2, 0.25) is 0 Å². The van der Waals surface area contributed by atoms with Crippen molar-refractivity contribution in [2.24, 2.45) is 0 Å². The molecular weight excluding hydrogens is 444 g/mol. The van der Waals surface area contributed by atoms with E-state index in [-0.39, 0.29) is 16.8 Å². The Morgan fingerprint density at radius 1 is 0.844 bits per heavy atom. The second kappa shape index (κ2) is 8.43. The van der Waals surface area contributed by atoms with E-state index in [0.717, 1.165) is 29.0 Å². The number of thiophene rings is 1. The molecular formula is C23H14F4N2O2S. The summed E-state index contributed by atoms with van der Waals surface area (Å²) in [5.41, 5.74) is -1.31. The van der Waals surface area contributed by atoms with Gasteiger partial charge >= 0.3 is 6.18 Å². The minimum absolute atomic E-state index is 0.0849. The molecule has 4 aromatic rings. The summed E-state index contributed by atoms with van der Waals surface area (Å²) < 4.78 is 54.9. The first-order valence-corrected chi connectivity index (χ1v) is 10.2. The molecule has 0 saturated heterocycles. The number of carbonyl (C=O) groups excluding carboxylic acids is 2. The van der Waals surface area contributed by atoms with Gasteiger partial charge in [-0.1, -0.05) is 18.2 Å². The van der Waals surface area contributed by atoms with Crippen LogP contribution in [0.2, 0.25) is 0 Å². The van der Waals surface area contributed by atoms with Crippen molar-refractivity contribution in [3.05, 3.63) is 94.6 Å². The highest BCUT2D eigenvalue weighted by Crippen LogP contribution is 2.37. The van der Waals surface area contributed by atoms with Gasteiger partial charge in [0.25, 0.3) is 11.8 Å². The number of alkyl halides is 3. The molecule has 0 fully saturated rings. The Labute approximate surface area is 183 Å². The Morgan fingerprint density at radius 2 is 1.56 bits per heavy atom. The molecule has 0 spiro atoms. The SMILES string of the molecule is O=C(Nc1ccc(NC(=O)c2csc3ccccc23)c(C(F)(F)F)c1)c1ccc(F)cc1. The third-order valence-corrected chi connectivity index (χ3v) is 5.63. The first-order valence-electron chi connectivity index (χ1n) is 9.28. The number of anilines is 2. The summed E-state index contributed by atoms with van der Waals surface area (Å²) >= 11 is 1.32. The quantitative estimate of drug-likeness (QED) is 0.340. The van der Waals surface area contributed by atoms with Crippen molar-refractivity contribution in [2.75, 3.05) is 10.6 Å². The van der Waals surface area contributed by atoms with Gasteiger partial charge in [-0.3, -0.25) is 9.59 Å². The predicted octanol–water partition coefficient (Wildman–Crippen LogP) is 6.56. The van der Waals surface area contributed by atoms with Gasteiger partial charge in [0.1, 0.15) is 5.82 Å². The van der Waals surface area contributed by atoms with Gasteiger partial charge in [0, 0.05) is 26.7 Å². The average molecular weight is 458 g/mol. The van der Waals surface area contributed by atoms with Crippen LogP contribution in [0.4, 0.5) is 28.9 Å². The van der Waals surface area contributed by atoms with Crippen molar-refractivity contribution in [1.82, 2.24) is 0 Å². The fourth-order valence-corrected chi connectivity index (χ4v) is 4.05. The molecule has 0 radical (unpaired) electrons. The number of hydrogen-bond donors (Lipinski definition) is 2. The maximum Gasteiger partial charge on any atom is 0.418 e. The van der Waals surface area contributed by atoms with Crippen LogP contribution in [0.15, 0.2) is 72.1 Å². The van der Waals surface area contributed by atoms with Crippen LogP contribution in [0.25, 0.3) is 10.1 Å². The van der Waals surface area contributed by atoms with Crippen LogP contribution in [0.5, 0.6) is 0 Å². The zero-order valence-electron chi connectivity index (χ0n) is 16.2. The normalized spacial score (nSPS) is 11.4. The van der Waals surface area contributed by atoms with Crippen LogP contribution in [0.1, 0.15) is 26.3 Å². The number of hydrogen-bond acceptors (Lipinski definition) is 3. The Kier molecular flexibility index (Phi) is 5.67. The summed E-state index contributed by atoms with van der Waals surface area (Å²) in [6, 6.07) is 14.7. The van der Waals surface area contributed by atoms with E-state index in [1.165, 1.54) is 29.5 Å². The molecule has 3 aromatic carbocycles. The third-order valence-electron chi connectivity index (χ3n) is 4.66. The smallest absolute Gasteiger partial charge is 0.322 e. The van der Waals surface area contributed by atoms with Crippen molar-refractivity contribution >= 4 is 44.6 Å². The highest BCUT2D eigenvalue weighted by molar-refractivity contribution is 7.17. The minimum atomic E-state index is -4.78. The van der Waals surface area contributed by atoms with E-state index in [9.17, 15) is 27.2 Å². The van der Waals surface area contributed by atoms with E-state index in [1.54, 1.807) is 23.6 Å². The van der Waals surface area contributed by atoms with Gasteiger partial charge in [-0.15, -0.1) is 11.3 Å². The molecule has 1 aromatic heterocycles. The number of carbonyl (C=O) groups is 2. The molecule has 2 amide bonds. The largest absolute Gasteiger partial charge is 0.418 e. The van der Waals surface area contributed by atoms with E-state index in [2.05, 4.69) is 10.6 Å². The molecule has 0 aliphatic heterocycles. The maximum absolute atomic E-state index is 13.7. The summed E-state index contributed by atoms with van der Waals surface area (Å²) in [6.45, 7) is 0. The van der Waals surface area contributed by atoms with Crippen LogP contribution in [-0.2, 0) is 6.18 Å². The highest BCUT2D eigenvalue weighted by atomic mass is 32.1. The van der Waals surface area contributed by atoms with Gasteiger partial charge in [0.15, 0.2) is 0 Å². The lowest BCUT2D eigenvalue weighted by Crippen LogP contribution is -2.18. The first kappa shape index (κ1) is 21.5. The highest BCUT2D eigenvalue weighted by Gasteiger charge is 2.34. The Hall–Kier alpha value is -3.72. The Balaban J connectivity index is 1.60. The summed E-state index contributed by atoms with van der Waals surface area (Å²) in [5.74, 6) is -1.91. The number of rotatable bonds is 4. The standard InChI is InChI=1S/C23H14F4N2O2S/c24-14-7-5-13(6-8-14)21(30)28-15-9-10-19(18(11-15)23(25,26)27)29-22(31)17-12-32-20-4-2-1-3-16(17)20/h1-12H,(H,28,30)(H,29,31). The van der Waals surface area contributed by atoms with Gasteiger partial charge in [-0.25, -0.2) is 4.39 Å². The molecule has 0 aliphatic rings. The van der Waals surface area contributed by atoms with Gasteiger partial charge in [-0.05, 0) is 48.5 Å². The molecule has 1 heterocycles. The second-order valence-electron chi connectivity index (χ2n) is 6.82. The fraction of sp³-hybridized carbons (Fsp3) is 0.0435. The van der Waals surface area contributed by atoms with Crippen molar-refractivity contribution < 1.29 is 27.2 Å². The van der Waals surface area contributed by atoms with Crippen LogP contribution in [0, 0.1) is 5.82 Å². The summed E-state index contributed by atoms with van der Waals surface area (Å²) in [4.78, 5) is 24.9. The maximum atomic E-state index is 13.7. The van der Waals surface area contributed by atoms with Crippen molar-refractivity contribution in [2.45, 2.75) is 6.18 Å². The van der Waals surface area contributed by atoms with Crippen LogP contribution >= 0.6 is 11.3 Å². The third kappa shape index (κ3) is 4.47. The number of halogens is 4. The summed E-state index contributed by atoms with van der Waals surface area (Å²) in [5, 5.41) is 6.91. The van der Waals surface area contributed by atoms with Crippen LogP contribution < -0.4 is 10.6 Å². The van der Waals surface area contributed by atoms with E-state index in [1.807, 2.05) is 6.07 Å². The van der Waals surface area contributed by atoms with Crippen molar-refractivity contribution in [3.63, 3.8) is 0 Å². The molecule has 9 heteroatoms. The number of benzene rings is 3. The zero-order chi connectivity index (χ0) is 22.9. The molecule has 2 N–H and O–H groups in total. The number of nitrogens with one attached hydrogen (secondary N) is 2. The molecule has 32 heavy (non-hydrogen) atoms. The van der Waals surface area contributed by atoms with Crippen molar-refractivity contribution in [1.29, 1.82) is 0 Å². The fourth-order valence-electron chi connectivity index (χ4n) is 3.11. The minimum Gasteiger partial charge on any atom is -0.322 e. The Morgan fingerprint density at radius 3 is 2.28 bits per heavy atom. The van der Waals surface area contributed by atoms with Gasteiger partial charge in [-0.2, -0.15) is 13.2 Å². The zero-order valence-corrected chi connectivity index (χ0v) is 17.0. The molecule has 0 atom stereocenters. The van der Waals surface area contributed by atoms with Gasteiger partial charge in [0.05, 0.1) is 16.8 Å². The molecule has 162 valence electrons. The number of amides is 2. The molecule has 0 saturated carbocycles. The average Bonchev–Trinajstić information content (AvgIpc) is 3.19. The lowest BCUT2D eigenvalue weighted by atomic mass is 10.1. The predicted molar refractivity (Wildman–Crippen MR) is 116 cm³/mol. The van der Waals surface area contributed by atoms with Crippen molar-refractivity contribution in [3.8, 4) is 0 Å². The monoisotopic (exact) mass is 458 g/mol. The molecule has 0 aliphatic carbocycles. The van der Waals surface area contributed by atoms with Gasteiger partial charge < -0.3 is 10.6 Å². The van der Waals surface area contributed by atoms with Crippen LogP contribution in [-0.4, -0.2) is 11.8 Å². The van der Waals surface area contributed by atoms with Crippen LogP contribution in [0.3, 0.4) is 0 Å². The second-order valence-corrected chi connectivity index (χ2v) is 7.73. The molecule has 0 unspecified atom stereocenters. The molecule has 0 bridgehead atoms. The van der Waals surface area contributed by atoms with E-state index >= 15 is 0 Å². The topological polar surface area (TPSA) is 58.2 Å². The van der Waals surface area contributed by atoms with E-state index < -0.39 is 35.1 Å². The Bertz CT molecular complexity index is 1310. The summed E-state index contributed by atoms with van der Waals surface area (Å²) in [7, 11) is 0. The lowest BCUT2D eigenvalue weighted by Gasteiger charge is -2.16. The van der Waals surface area contributed by atoms with E-state index in [4.69, 9.17) is 0 Å². The lowest BCUT2D eigenvalue weighted by molar-refractivity contribution is -0.136. The number of fused-ring (bicyclic) bond motifs is 1.